The van der Waals surface area contributed by atoms with Gasteiger partial charge in [0.15, 0.2) is 0 Å². The van der Waals surface area contributed by atoms with Gasteiger partial charge in [0.05, 0.1) is 12.8 Å². The zero-order valence-electron chi connectivity index (χ0n) is 14.7. The standard InChI is InChI=1S/C21H21F2NO3/c22-17-6-8-20(9-7-17)27-15-19(25)13-24(14-21-5-2-10-26-21)12-16-3-1-4-18(23)11-16/h1-11,19,25H,12-15H2. The average Bonchev–Trinajstić information content (AvgIpc) is 3.14. The summed E-state index contributed by atoms with van der Waals surface area (Å²) < 4.78 is 37.3. The predicted molar refractivity (Wildman–Crippen MR) is 97.1 cm³/mol. The van der Waals surface area contributed by atoms with Gasteiger partial charge in [-0.3, -0.25) is 4.90 Å². The molecule has 6 heteroatoms. The maximum absolute atomic E-state index is 13.5. The lowest BCUT2D eigenvalue weighted by molar-refractivity contribution is 0.0604. The molecule has 3 rings (SSSR count). The third-order valence-corrected chi connectivity index (χ3v) is 3.98. The molecule has 1 heterocycles. The summed E-state index contributed by atoms with van der Waals surface area (Å²) in [6, 6.07) is 15.6. The van der Waals surface area contributed by atoms with Crippen LogP contribution in [0.15, 0.2) is 71.3 Å². The second-order valence-electron chi connectivity index (χ2n) is 6.30. The minimum absolute atomic E-state index is 0.0590. The molecule has 0 aliphatic rings. The van der Waals surface area contributed by atoms with Gasteiger partial charge in [-0.05, 0) is 54.1 Å². The largest absolute Gasteiger partial charge is 0.491 e. The van der Waals surface area contributed by atoms with Crippen LogP contribution in [-0.4, -0.2) is 29.3 Å². The van der Waals surface area contributed by atoms with Crippen LogP contribution in [0, 0.1) is 11.6 Å². The zero-order valence-corrected chi connectivity index (χ0v) is 14.7. The van der Waals surface area contributed by atoms with Gasteiger partial charge in [-0.2, -0.15) is 0 Å². The summed E-state index contributed by atoms with van der Waals surface area (Å²) in [4.78, 5) is 1.95. The van der Waals surface area contributed by atoms with Gasteiger partial charge in [-0.25, -0.2) is 8.78 Å². The number of aliphatic hydroxyl groups excluding tert-OH is 1. The summed E-state index contributed by atoms with van der Waals surface area (Å²) in [6.45, 7) is 1.28. The first-order valence-corrected chi connectivity index (χ1v) is 8.64. The number of halogens is 2. The summed E-state index contributed by atoms with van der Waals surface area (Å²) in [6.07, 6.45) is 0.808. The molecule has 142 valence electrons. The first-order chi connectivity index (χ1) is 13.1. The van der Waals surface area contributed by atoms with Gasteiger partial charge in [0, 0.05) is 13.1 Å². The zero-order chi connectivity index (χ0) is 19.1. The number of ether oxygens (including phenoxy) is 1. The SMILES string of the molecule is OC(COc1ccc(F)cc1)CN(Cc1cccc(F)c1)Cc1ccco1. The predicted octanol–water partition coefficient (Wildman–Crippen LogP) is 4.00. The molecular formula is C21H21F2NO3. The van der Waals surface area contributed by atoms with Gasteiger partial charge in [0.1, 0.15) is 35.9 Å². The van der Waals surface area contributed by atoms with E-state index in [1.807, 2.05) is 17.0 Å². The van der Waals surface area contributed by atoms with Gasteiger partial charge in [-0.1, -0.05) is 12.1 Å². The van der Waals surface area contributed by atoms with E-state index < -0.39 is 6.10 Å². The molecule has 1 atom stereocenters. The van der Waals surface area contributed by atoms with Gasteiger partial charge in [0.2, 0.25) is 0 Å². The highest BCUT2D eigenvalue weighted by atomic mass is 19.1. The number of rotatable bonds is 9. The Bertz CT molecular complexity index is 822. The van der Waals surface area contributed by atoms with Crippen LogP contribution in [0.2, 0.25) is 0 Å². The summed E-state index contributed by atoms with van der Waals surface area (Å²) >= 11 is 0. The summed E-state index contributed by atoms with van der Waals surface area (Å²) in [5, 5.41) is 10.4. The highest BCUT2D eigenvalue weighted by Crippen LogP contribution is 2.14. The molecule has 0 fully saturated rings. The molecule has 3 aromatic rings. The van der Waals surface area contributed by atoms with Crippen molar-refractivity contribution in [2.75, 3.05) is 13.2 Å². The molecule has 0 amide bonds. The van der Waals surface area contributed by atoms with E-state index in [9.17, 15) is 13.9 Å². The number of hydrogen-bond donors (Lipinski definition) is 1. The number of aliphatic hydroxyl groups is 1. The highest BCUT2D eigenvalue weighted by molar-refractivity contribution is 5.22. The maximum Gasteiger partial charge on any atom is 0.123 e. The molecule has 0 radical (unpaired) electrons. The van der Waals surface area contributed by atoms with Crippen molar-refractivity contribution in [3.8, 4) is 5.75 Å². The fourth-order valence-electron chi connectivity index (χ4n) is 2.78. The van der Waals surface area contributed by atoms with Crippen molar-refractivity contribution >= 4 is 0 Å². The summed E-state index contributed by atoms with van der Waals surface area (Å²) in [7, 11) is 0. The monoisotopic (exact) mass is 373 g/mol. The third kappa shape index (κ3) is 6.20. The lowest BCUT2D eigenvalue weighted by Gasteiger charge is -2.24. The van der Waals surface area contributed by atoms with E-state index in [1.165, 1.54) is 36.4 Å². The fourth-order valence-corrected chi connectivity index (χ4v) is 2.78. The van der Waals surface area contributed by atoms with Crippen molar-refractivity contribution in [3.05, 3.63) is 89.9 Å². The molecule has 1 aromatic heterocycles. The van der Waals surface area contributed by atoms with Gasteiger partial charge in [0.25, 0.3) is 0 Å². The first kappa shape index (κ1) is 19.1. The number of nitrogens with zero attached hydrogens (tertiary/aromatic N) is 1. The van der Waals surface area contributed by atoms with Crippen LogP contribution in [0.5, 0.6) is 5.75 Å². The van der Waals surface area contributed by atoms with E-state index in [0.29, 0.717) is 25.4 Å². The quantitative estimate of drug-likeness (QED) is 0.616. The van der Waals surface area contributed by atoms with E-state index in [0.717, 1.165) is 11.3 Å². The van der Waals surface area contributed by atoms with E-state index in [2.05, 4.69) is 0 Å². The Hall–Kier alpha value is -2.70. The van der Waals surface area contributed by atoms with Crippen LogP contribution in [0.1, 0.15) is 11.3 Å². The van der Waals surface area contributed by atoms with E-state index in [1.54, 1.807) is 18.4 Å². The lowest BCUT2D eigenvalue weighted by Crippen LogP contribution is -2.35. The molecule has 1 unspecified atom stereocenters. The Morgan fingerprint density at radius 3 is 2.48 bits per heavy atom. The van der Waals surface area contributed by atoms with Crippen molar-refractivity contribution in [1.82, 2.24) is 4.90 Å². The number of benzene rings is 2. The smallest absolute Gasteiger partial charge is 0.123 e. The lowest BCUT2D eigenvalue weighted by atomic mass is 10.2. The molecule has 0 saturated carbocycles. The second kappa shape index (κ2) is 9.30. The van der Waals surface area contributed by atoms with Crippen LogP contribution >= 0.6 is 0 Å². The van der Waals surface area contributed by atoms with E-state index in [4.69, 9.17) is 9.15 Å². The van der Waals surface area contributed by atoms with Gasteiger partial charge in [-0.15, -0.1) is 0 Å². The topological polar surface area (TPSA) is 45.8 Å². The van der Waals surface area contributed by atoms with Gasteiger partial charge < -0.3 is 14.3 Å². The third-order valence-electron chi connectivity index (χ3n) is 3.98. The number of furan rings is 1. The Balaban J connectivity index is 1.60. The molecule has 4 nitrogen and oxygen atoms in total. The van der Waals surface area contributed by atoms with Crippen molar-refractivity contribution in [3.63, 3.8) is 0 Å². The van der Waals surface area contributed by atoms with Crippen molar-refractivity contribution < 1.29 is 23.0 Å². The minimum Gasteiger partial charge on any atom is -0.491 e. The maximum atomic E-state index is 13.5. The highest BCUT2D eigenvalue weighted by Gasteiger charge is 2.15. The molecular weight excluding hydrogens is 352 g/mol. The van der Waals surface area contributed by atoms with Crippen LogP contribution in [0.4, 0.5) is 8.78 Å². The summed E-state index contributed by atoms with van der Waals surface area (Å²) in [5.41, 5.74) is 0.799. The Morgan fingerprint density at radius 1 is 0.963 bits per heavy atom. The molecule has 27 heavy (non-hydrogen) atoms. The van der Waals surface area contributed by atoms with Crippen LogP contribution in [0.25, 0.3) is 0 Å². The molecule has 0 aliphatic heterocycles. The normalized spacial score (nSPS) is 12.3. The Kier molecular flexibility index (Phi) is 6.57. The molecule has 0 spiro atoms. The molecule has 2 aromatic carbocycles. The van der Waals surface area contributed by atoms with Crippen LogP contribution in [0.3, 0.4) is 0 Å². The second-order valence-corrected chi connectivity index (χ2v) is 6.30. The van der Waals surface area contributed by atoms with Crippen molar-refractivity contribution in [2.45, 2.75) is 19.2 Å². The van der Waals surface area contributed by atoms with Crippen molar-refractivity contribution in [1.29, 1.82) is 0 Å². The Morgan fingerprint density at radius 2 is 1.78 bits per heavy atom. The number of hydrogen-bond acceptors (Lipinski definition) is 4. The molecule has 0 aliphatic carbocycles. The Labute approximate surface area is 156 Å². The summed E-state index contributed by atoms with van der Waals surface area (Å²) in [5.74, 6) is 0.587. The molecule has 0 bridgehead atoms. The minimum atomic E-state index is -0.779. The van der Waals surface area contributed by atoms with Gasteiger partial charge >= 0.3 is 0 Å². The van der Waals surface area contributed by atoms with E-state index >= 15 is 0 Å². The molecule has 0 saturated heterocycles. The van der Waals surface area contributed by atoms with Crippen LogP contribution < -0.4 is 4.74 Å². The van der Waals surface area contributed by atoms with Crippen LogP contribution in [-0.2, 0) is 13.1 Å². The van der Waals surface area contributed by atoms with E-state index in [-0.39, 0.29) is 18.2 Å². The first-order valence-electron chi connectivity index (χ1n) is 8.64. The van der Waals surface area contributed by atoms with Crippen molar-refractivity contribution in [2.24, 2.45) is 0 Å². The molecule has 1 N–H and O–H groups in total. The fraction of sp³-hybridized carbons (Fsp3) is 0.238. The average molecular weight is 373 g/mol.